The molecule has 0 spiro atoms. The second-order valence-corrected chi connectivity index (χ2v) is 6.52. The van der Waals surface area contributed by atoms with Crippen LogP contribution in [0.1, 0.15) is 61.5 Å². The van der Waals surface area contributed by atoms with E-state index in [1.54, 1.807) is 0 Å². The van der Waals surface area contributed by atoms with Crippen LogP contribution in [0.4, 0.5) is 0 Å². The Morgan fingerprint density at radius 1 is 1.15 bits per heavy atom. The molecular formula is C18H22O2. The maximum Gasteiger partial charge on any atom is 0.344 e. The summed E-state index contributed by atoms with van der Waals surface area (Å²) in [4.78, 5) is 12.2. The highest BCUT2D eigenvalue weighted by Crippen LogP contribution is 2.45. The summed E-state index contributed by atoms with van der Waals surface area (Å²) in [5.74, 6) is 2.44. The monoisotopic (exact) mass is 270 g/mol. The van der Waals surface area contributed by atoms with E-state index in [0.29, 0.717) is 23.5 Å². The zero-order valence-electron chi connectivity index (χ0n) is 12.9. The fourth-order valence-corrected chi connectivity index (χ4v) is 3.93. The van der Waals surface area contributed by atoms with Gasteiger partial charge in [-0.15, -0.1) is 0 Å². The predicted octanol–water partition coefficient (Wildman–Crippen LogP) is 4.66. The lowest BCUT2D eigenvalue weighted by atomic mass is 9.70. The van der Waals surface area contributed by atoms with Gasteiger partial charge < -0.3 is 4.42 Å². The summed E-state index contributed by atoms with van der Waals surface area (Å²) in [5.41, 5.74) is 3.72. The number of hydrogen-bond acceptors (Lipinski definition) is 2. The third kappa shape index (κ3) is 1.81. The molecule has 0 fully saturated rings. The van der Waals surface area contributed by atoms with Crippen LogP contribution >= 0.6 is 0 Å². The molecule has 0 aliphatic heterocycles. The molecule has 0 N–H and O–H groups in total. The zero-order valence-corrected chi connectivity index (χ0v) is 12.9. The lowest BCUT2D eigenvalue weighted by molar-refractivity contribution is 0.388. The molecule has 0 bridgehead atoms. The molecule has 0 saturated heterocycles. The molecule has 1 aromatic carbocycles. The van der Waals surface area contributed by atoms with Crippen LogP contribution in [0.15, 0.2) is 21.3 Å². The van der Waals surface area contributed by atoms with Crippen molar-refractivity contribution < 1.29 is 4.42 Å². The number of aryl methyl sites for hydroxylation is 2. The van der Waals surface area contributed by atoms with E-state index in [0.717, 1.165) is 16.3 Å². The maximum absolute atomic E-state index is 12.2. The Bertz CT molecular complexity index is 739. The van der Waals surface area contributed by atoms with Gasteiger partial charge in [0.15, 0.2) is 0 Å². The van der Waals surface area contributed by atoms with Crippen molar-refractivity contribution in [2.75, 3.05) is 0 Å². The molecule has 2 heteroatoms. The van der Waals surface area contributed by atoms with E-state index in [4.69, 9.17) is 4.42 Å². The maximum atomic E-state index is 12.2. The van der Waals surface area contributed by atoms with Crippen LogP contribution < -0.4 is 5.63 Å². The van der Waals surface area contributed by atoms with E-state index in [1.165, 1.54) is 17.5 Å². The first-order valence-corrected chi connectivity index (χ1v) is 7.48. The number of rotatable bonds is 0. The lowest BCUT2D eigenvalue weighted by Crippen LogP contribution is -2.21. The van der Waals surface area contributed by atoms with E-state index in [2.05, 4.69) is 33.8 Å². The van der Waals surface area contributed by atoms with Gasteiger partial charge in [-0.3, -0.25) is 0 Å². The summed E-state index contributed by atoms with van der Waals surface area (Å²) >= 11 is 0. The Hall–Kier alpha value is -1.57. The Morgan fingerprint density at radius 3 is 2.55 bits per heavy atom. The lowest BCUT2D eigenvalue weighted by Gasteiger charge is -2.34. The fraction of sp³-hybridized carbons (Fsp3) is 0.500. The zero-order chi connectivity index (χ0) is 14.6. The smallest absolute Gasteiger partial charge is 0.344 e. The topological polar surface area (TPSA) is 30.2 Å². The van der Waals surface area contributed by atoms with Crippen molar-refractivity contribution in [3.05, 3.63) is 45.0 Å². The molecular weight excluding hydrogens is 248 g/mol. The van der Waals surface area contributed by atoms with E-state index in [-0.39, 0.29) is 5.63 Å². The molecule has 1 aliphatic rings. The van der Waals surface area contributed by atoms with Crippen molar-refractivity contribution in [1.29, 1.82) is 0 Å². The molecule has 2 nitrogen and oxygen atoms in total. The highest BCUT2D eigenvalue weighted by atomic mass is 16.4. The predicted molar refractivity (Wildman–Crippen MR) is 82.6 cm³/mol. The average molecular weight is 270 g/mol. The van der Waals surface area contributed by atoms with Crippen LogP contribution in [0.5, 0.6) is 0 Å². The van der Waals surface area contributed by atoms with Gasteiger partial charge in [0, 0.05) is 0 Å². The number of benzene rings is 1. The Morgan fingerprint density at radius 2 is 1.85 bits per heavy atom. The van der Waals surface area contributed by atoms with Crippen molar-refractivity contribution in [2.45, 2.75) is 52.9 Å². The SMILES string of the molecule is Cc1cc2cc3c(c(C)c2c(=O)o1)C(C)CC(C)C3C. The van der Waals surface area contributed by atoms with E-state index in [9.17, 15) is 4.79 Å². The minimum Gasteiger partial charge on any atom is -0.428 e. The molecule has 1 aliphatic carbocycles. The largest absolute Gasteiger partial charge is 0.428 e. The van der Waals surface area contributed by atoms with Gasteiger partial charge in [0.25, 0.3) is 0 Å². The summed E-state index contributed by atoms with van der Waals surface area (Å²) in [5, 5.41) is 1.80. The molecule has 3 rings (SSSR count). The average Bonchev–Trinajstić information content (AvgIpc) is 2.34. The van der Waals surface area contributed by atoms with Gasteiger partial charge in [-0.05, 0) is 66.2 Å². The van der Waals surface area contributed by atoms with Crippen molar-refractivity contribution >= 4 is 10.8 Å². The molecule has 0 amide bonds. The van der Waals surface area contributed by atoms with Crippen LogP contribution in [0.2, 0.25) is 0 Å². The van der Waals surface area contributed by atoms with Crippen molar-refractivity contribution in [1.82, 2.24) is 0 Å². The first-order valence-electron chi connectivity index (χ1n) is 7.48. The van der Waals surface area contributed by atoms with Crippen molar-refractivity contribution in [3.8, 4) is 0 Å². The summed E-state index contributed by atoms with van der Waals surface area (Å²) in [6, 6.07) is 4.21. The molecule has 0 saturated carbocycles. The van der Waals surface area contributed by atoms with Crippen LogP contribution in [-0.2, 0) is 0 Å². The van der Waals surface area contributed by atoms with Gasteiger partial charge in [-0.1, -0.05) is 26.8 Å². The molecule has 20 heavy (non-hydrogen) atoms. The molecule has 2 aromatic rings. The first-order chi connectivity index (χ1) is 9.40. The Labute approximate surface area is 119 Å². The van der Waals surface area contributed by atoms with Crippen LogP contribution in [0.3, 0.4) is 0 Å². The second-order valence-electron chi connectivity index (χ2n) is 6.52. The fourth-order valence-electron chi connectivity index (χ4n) is 3.93. The quantitative estimate of drug-likeness (QED) is 0.697. The highest BCUT2D eigenvalue weighted by molar-refractivity contribution is 5.87. The molecule has 1 heterocycles. The molecule has 1 aromatic heterocycles. The van der Waals surface area contributed by atoms with Crippen molar-refractivity contribution in [2.24, 2.45) is 5.92 Å². The van der Waals surface area contributed by atoms with Gasteiger partial charge in [-0.2, -0.15) is 0 Å². The summed E-state index contributed by atoms with van der Waals surface area (Å²) in [6.45, 7) is 10.8. The summed E-state index contributed by atoms with van der Waals surface area (Å²) in [6.07, 6.45) is 1.19. The van der Waals surface area contributed by atoms with Crippen molar-refractivity contribution in [3.63, 3.8) is 0 Å². The first kappa shape index (κ1) is 13.4. The third-order valence-corrected chi connectivity index (χ3v) is 5.07. The van der Waals surface area contributed by atoms with Crippen LogP contribution in [0, 0.1) is 19.8 Å². The number of hydrogen-bond donors (Lipinski definition) is 0. The highest BCUT2D eigenvalue weighted by Gasteiger charge is 2.30. The van der Waals surface area contributed by atoms with Crippen LogP contribution in [-0.4, -0.2) is 0 Å². The number of fused-ring (bicyclic) bond motifs is 2. The summed E-state index contributed by atoms with van der Waals surface area (Å²) < 4.78 is 5.29. The van der Waals surface area contributed by atoms with Gasteiger partial charge >= 0.3 is 5.63 Å². The molecule has 0 radical (unpaired) electrons. The summed E-state index contributed by atoms with van der Waals surface area (Å²) in [7, 11) is 0. The minimum absolute atomic E-state index is 0.196. The van der Waals surface area contributed by atoms with E-state index < -0.39 is 0 Å². The second kappa shape index (κ2) is 4.47. The van der Waals surface area contributed by atoms with E-state index in [1.807, 2.05) is 13.0 Å². The van der Waals surface area contributed by atoms with Crippen LogP contribution in [0.25, 0.3) is 10.8 Å². The van der Waals surface area contributed by atoms with Gasteiger partial charge in [0.05, 0.1) is 5.39 Å². The molecule has 3 atom stereocenters. The normalized spacial score (nSPS) is 25.8. The van der Waals surface area contributed by atoms with Gasteiger partial charge in [-0.25, -0.2) is 4.79 Å². The van der Waals surface area contributed by atoms with E-state index >= 15 is 0 Å². The molecule has 3 unspecified atom stereocenters. The third-order valence-electron chi connectivity index (χ3n) is 5.07. The molecule has 106 valence electrons. The Balaban J connectivity index is 2.43. The van der Waals surface area contributed by atoms with Gasteiger partial charge in [0.2, 0.25) is 0 Å². The van der Waals surface area contributed by atoms with Gasteiger partial charge in [0.1, 0.15) is 5.76 Å². The Kier molecular flexibility index (Phi) is 3.00. The minimum atomic E-state index is -0.196. The standard InChI is InChI=1S/C18H22O2/c1-9-6-10(2)16-13(5)17-14(8-15(16)12(9)4)7-11(3)20-18(17)19/h7-10,12H,6H2,1-5H3.